The highest BCUT2D eigenvalue weighted by molar-refractivity contribution is 6.29. The van der Waals surface area contributed by atoms with Crippen LogP contribution in [0.25, 0.3) is 98.8 Å². The SMILES string of the molecule is c1ccc(-c2cccc(-c3c4ccccc4c(-c4cccc5oc6ccc7c8ccccc8oc7c6c45)c4ccccc34)c2)cc1. The maximum atomic E-state index is 6.56. The van der Waals surface area contributed by atoms with Crippen LogP contribution in [0.2, 0.25) is 0 Å². The van der Waals surface area contributed by atoms with Crippen molar-refractivity contribution in [3.8, 4) is 33.4 Å². The summed E-state index contributed by atoms with van der Waals surface area (Å²) in [6.07, 6.45) is 0. The van der Waals surface area contributed by atoms with Crippen molar-refractivity contribution in [2.75, 3.05) is 0 Å². The lowest BCUT2D eigenvalue weighted by atomic mass is 9.84. The number of furan rings is 2. The predicted octanol–water partition coefficient (Wildman–Crippen LogP) is 12.8. The van der Waals surface area contributed by atoms with Crippen LogP contribution in [0, 0.1) is 0 Å². The Hall–Kier alpha value is -6.12. The molecule has 0 radical (unpaired) electrons. The van der Waals surface area contributed by atoms with Crippen molar-refractivity contribution in [3.05, 3.63) is 158 Å². The summed E-state index contributed by atoms with van der Waals surface area (Å²) in [5.74, 6) is 0. The van der Waals surface area contributed by atoms with E-state index in [0.29, 0.717) is 0 Å². The Labute approximate surface area is 264 Å². The van der Waals surface area contributed by atoms with Crippen LogP contribution >= 0.6 is 0 Å². The molecule has 2 heterocycles. The molecule has 0 saturated carbocycles. The molecule has 0 aliphatic carbocycles. The number of hydrogen-bond acceptors (Lipinski definition) is 2. The van der Waals surface area contributed by atoms with Gasteiger partial charge in [0, 0.05) is 16.2 Å². The zero-order valence-corrected chi connectivity index (χ0v) is 24.8. The van der Waals surface area contributed by atoms with Gasteiger partial charge in [-0.15, -0.1) is 0 Å². The van der Waals surface area contributed by atoms with Gasteiger partial charge in [-0.25, -0.2) is 0 Å². The summed E-state index contributed by atoms with van der Waals surface area (Å²) in [6.45, 7) is 0. The van der Waals surface area contributed by atoms with Gasteiger partial charge in [0.2, 0.25) is 0 Å². The fraction of sp³-hybridized carbons (Fsp3) is 0. The van der Waals surface area contributed by atoms with Gasteiger partial charge >= 0.3 is 0 Å². The standard InChI is InChI=1S/C44H26O2/c1-2-12-27(13-3-1)28-14-10-15-29(26-28)40-31-17-4-6-19-33(31)41(34-20-7-5-18-32(34)40)36-21-11-23-38-42(36)43-39(45-38)25-24-35-30-16-8-9-22-37(30)46-44(35)43/h1-26H. The average Bonchev–Trinajstić information content (AvgIpc) is 3.69. The second-order valence-electron chi connectivity index (χ2n) is 12.0. The largest absolute Gasteiger partial charge is 0.456 e. The molecule has 0 bridgehead atoms. The molecule has 0 N–H and O–H groups in total. The van der Waals surface area contributed by atoms with E-state index >= 15 is 0 Å². The highest BCUT2D eigenvalue weighted by Crippen LogP contribution is 2.48. The molecule has 0 unspecified atom stereocenters. The molecule has 0 amide bonds. The molecule has 0 spiro atoms. The zero-order valence-electron chi connectivity index (χ0n) is 24.8. The van der Waals surface area contributed by atoms with E-state index in [9.17, 15) is 0 Å². The van der Waals surface area contributed by atoms with E-state index in [4.69, 9.17) is 8.83 Å². The summed E-state index contributed by atoms with van der Waals surface area (Å²) < 4.78 is 13.1. The molecule has 10 rings (SSSR count). The Morgan fingerprint density at radius 1 is 0.304 bits per heavy atom. The van der Waals surface area contributed by atoms with Crippen molar-refractivity contribution in [1.29, 1.82) is 0 Å². The second kappa shape index (κ2) is 9.69. The molecular weight excluding hydrogens is 560 g/mol. The lowest BCUT2D eigenvalue weighted by Gasteiger charge is -2.18. The highest BCUT2D eigenvalue weighted by atomic mass is 16.3. The van der Waals surface area contributed by atoms with Crippen LogP contribution in [0.5, 0.6) is 0 Å². The molecule has 2 heteroatoms. The Morgan fingerprint density at radius 3 is 1.63 bits per heavy atom. The lowest BCUT2D eigenvalue weighted by molar-refractivity contribution is 0.663. The van der Waals surface area contributed by atoms with Crippen molar-refractivity contribution in [2.45, 2.75) is 0 Å². The molecule has 0 fully saturated rings. The molecule has 46 heavy (non-hydrogen) atoms. The van der Waals surface area contributed by atoms with Crippen LogP contribution < -0.4 is 0 Å². The smallest absolute Gasteiger partial charge is 0.147 e. The Morgan fingerprint density at radius 2 is 0.870 bits per heavy atom. The van der Waals surface area contributed by atoms with Gasteiger partial charge in [0.25, 0.3) is 0 Å². The van der Waals surface area contributed by atoms with Crippen LogP contribution in [0.15, 0.2) is 167 Å². The summed E-state index contributed by atoms with van der Waals surface area (Å²) in [5, 5.41) is 9.18. The molecule has 2 aromatic heterocycles. The Kier molecular flexibility index (Phi) is 5.31. The predicted molar refractivity (Wildman–Crippen MR) is 192 cm³/mol. The van der Waals surface area contributed by atoms with Crippen LogP contribution in [-0.4, -0.2) is 0 Å². The van der Waals surface area contributed by atoms with Crippen LogP contribution in [0.1, 0.15) is 0 Å². The monoisotopic (exact) mass is 586 g/mol. The van der Waals surface area contributed by atoms with Gasteiger partial charge in [-0.05, 0) is 85.3 Å². The molecular formula is C44H26O2. The van der Waals surface area contributed by atoms with E-state index in [-0.39, 0.29) is 0 Å². The molecule has 10 aromatic rings. The van der Waals surface area contributed by atoms with Crippen molar-refractivity contribution in [3.63, 3.8) is 0 Å². The Bertz CT molecular complexity index is 2740. The van der Waals surface area contributed by atoms with Gasteiger partial charge < -0.3 is 8.83 Å². The molecule has 214 valence electrons. The fourth-order valence-electron chi connectivity index (χ4n) is 7.51. The third-order valence-corrected chi connectivity index (χ3v) is 9.46. The molecule has 2 nitrogen and oxygen atoms in total. The number of hydrogen-bond donors (Lipinski definition) is 0. The first kappa shape index (κ1) is 25.2. The summed E-state index contributed by atoms with van der Waals surface area (Å²) in [6, 6.07) is 56.1. The van der Waals surface area contributed by atoms with Crippen molar-refractivity contribution in [2.24, 2.45) is 0 Å². The maximum Gasteiger partial charge on any atom is 0.147 e. The Balaban J connectivity index is 1.33. The number of para-hydroxylation sites is 1. The highest BCUT2D eigenvalue weighted by Gasteiger charge is 2.22. The van der Waals surface area contributed by atoms with Gasteiger partial charge in [-0.1, -0.05) is 127 Å². The quantitative estimate of drug-likeness (QED) is 0.193. The van der Waals surface area contributed by atoms with Crippen LogP contribution in [-0.2, 0) is 0 Å². The number of rotatable bonds is 3. The topological polar surface area (TPSA) is 26.3 Å². The second-order valence-corrected chi connectivity index (χ2v) is 12.0. The fourth-order valence-corrected chi connectivity index (χ4v) is 7.51. The van der Waals surface area contributed by atoms with E-state index in [0.717, 1.165) is 49.4 Å². The van der Waals surface area contributed by atoms with Crippen molar-refractivity contribution >= 4 is 65.4 Å². The molecule has 0 aliphatic heterocycles. The van der Waals surface area contributed by atoms with E-state index in [1.165, 1.54) is 49.4 Å². The van der Waals surface area contributed by atoms with Crippen LogP contribution in [0.3, 0.4) is 0 Å². The first-order valence-corrected chi connectivity index (χ1v) is 15.7. The zero-order chi connectivity index (χ0) is 30.2. The van der Waals surface area contributed by atoms with E-state index < -0.39 is 0 Å². The summed E-state index contributed by atoms with van der Waals surface area (Å²) in [5.41, 5.74) is 10.7. The van der Waals surface area contributed by atoms with E-state index in [1.54, 1.807) is 0 Å². The van der Waals surface area contributed by atoms with Gasteiger partial charge in [-0.3, -0.25) is 0 Å². The van der Waals surface area contributed by atoms with Gasteiger partial charge in [0.1, 0.15) is 22.3 Å². The normalized spacial score (nSPS) is 11.9. The number of benzene rings is 8. The van der Waals surface area contributed by atoms with Gasteiger partial charge in [0.05, 0.1) is 5.39 Å². The minimum absolute atomic E-state index is 0.831. The minimum atomic E-state index is 0.831. The maximum absolute atomic E-state index is 6.56. The van der Waals surface area contributed by atoms with E-state index in [2.05, 4.69) is 146 Å². The number of fused-ring (bicyclic) bond motifs is 9. The first-order valence-electron chi connectivity index (χ1n) is 15.7. The molecule has 0 atom stereocenters. The van der Waals surface area contributed by atoms with Crippen LogP contribution in [0.4, 0.5) is 0 Å². The third-order valence-electron chi connectivity index (χ3n) is 9.46. The van der Waals surface area contributed by atoms with Crippen molar-refractivity contribution < 1.29 is 8.83 Å². The van der Waals surface area contributed by atoms with Gasteiger partial charge in [0.15, 0.2) is 0 Å². The summed E-state index contributed by atoms with van der Waals surface area (Å²) in [7, 11) is 0. The molecule has 8 aromatic carbocycles. The summed E-state index contributed by atoms with van der Waals surface area (Å²) in [4.78, 5) is 0. The first-order chi connectivity index (χ1) is 22.8. The van der Waals surface area contributed by atoms with E-state index in [1.807, 2.05) is 12.1 Å². The van der Waals surface area contributed by atoms with Crippen molar-refractivity contribution in [1.82, 2.24) is 0 Å². The summed E-state index contributed by atoms with van der Waals surface area (Å²) >= 11 is 0. The molecule has 0 saturated heterocycles. The third kappa shape index (κ3) is 3.59. The average molecular weight is 587 g/mol. The minimum Gasteiger partial charge on any atom is -0.456 e. The molecule has 0 aliphatic rings. The van der Waals surface area contributed by atoms with Gasteiger partial charge in [-0.2, -0.15) is 0 Å². The lowest BCUT2D eigenvalue weighted by Crippen LogP contribution is -1.91.